The van der Waals surface area contributed by atoms with Gasteiger partial charge in [-0.1, -0.05) is 6.07 Å². The van der Waals surface area contributed by atoms with E-state index in [1.165, 1.54) is 11.8 Å². The fourth-order valence-electron chi connectivity index (χ4n) is 1.91. The maximum atomic E-state index is 11.9. The van der Waals surface area contributed by atoms with E-state index in [4.69, 9.17) is 5.73 Å². The third kappa shape index (κ3) is 5.04. The summed E-state index contributed by atoms with van der Waals surface area (Å²) in [5.74, 6) is 1.22. The van der Waals surface area contributed by atoms with Crippen LogP contribution in [0.2, 0.25) is 0 Å². The van der Waals surface area contributed by atoms with Gasteiger partial charge in [-0.25, -0.2) is 13.1 Å². The maximum Gasteiger partial charge on any atom is 0.212 e. The van der Waals surface area contributed by atoms with Gasteiger partial charge in [0, 0.05) is 22.4 Å². The molecule has 2 rings (SSSR count). The topological polar surface area (TPSA) is 72.2 Å². The van der Waals surface area contributed by atoms with Crippen molar-refractivity contribution in [3.8, 4) is 0 Å². The Hall–Kier alpha value is -0.720. The first-order valence-corrected chi connectivity index (χ1v) is 9.08. The number of thioether (sulfide) groups is 1. The molecule has 0 saturated heterocycles. The second kappa shape index (κ2) is 6.15. The Morgan fingerprint density at radius 2 is 2.21 bits per heavy atom. The molecule has 0 spiro atoms. The third-order valence-electron chi connectivity index (χ3n) is 3.17. The molecule has 1 aliphatic carbocycles. The van der Waals surface area contributed by atoms with E-state index in [2.05, 4.69) is 4.72 Å². The summed E-state index contributed by atoms with van der Waals surface area (Å²) in [6, 6.07) is 7.56. The summed E-state index contributed by atoms with van der Waals surface area (Å²) in [5, 5.41) is 0. The van der Waals surface area contributed by atoms with Crippen molar-refractivity contribution >= 4 is 27.5 Å². The van der Waals surface area contributed by atoms with E-state index in [1.54, 1.807) is 0 Å². The third-order valence-corrected chi connectivity index (χ3v) is 5.90. The van der Waals surface area contributed by atoms with Gasteiger partial charge in [-0.3, -0.25) is 0 Å². The molecule has 1 atom stereocenters. The summed E-state index contributed by atoms with van der Waals surface area (Å²) in [6.07, 6.45) is 2.28. The van der Waals surface area contributed by atoms with Crippen molar-refractivity contribution in [2.24, 2.45) is 5.92 Å². The lowest BCUT2D eigenvalue weighted by molar-refractivity contribution is 0.539. The number of nitrogens with two attached hydrogens (primary N) is 1. The molecular weight excluding hydrogens is 280 g/mol. The van der Waals surface area contributed by atoms with Crippen molar-refractivity contribution < 1.29 is 8.42 Å². The minimum absolute atomic E-state index is 0.0716. The molecule has 0 aromatic heterocycles. The van der Waals surface area contributed by atoms with Crippen LogP contribution in [0.1, 0.15) is 19.8 Å². The standard InChI is InChI=1S/C13H20N2O2S2/c1-10(11-5-6-11)15-19(16,17)8-7-18-13-4-2-3-12(14)9-13/h2-4,9-11,15H,5-8,14H2,1H3. The SMILES string of the molecule is CC(NS(=O)(=O)CCSc1cccc(N)c1)C1CC1. The second-order valence-corrected chi connectivity index (χ2v) is 8.03. The molecule has 1 unspecified atom stereocenters. The molecule has 106 valence electrons. The van der Waals surface area contributed by atoms with Gasteiger partial charge in [0.05, 0.1) is 5.75 Å². The quantitative estimate of drug-likeness (QED) is 0.597. The molecule has 1 fully saturated rings. The summed E-state index contributed by atoms with van der Waals surface area (Å²) in [7, 11) is -3.17. The zero-order chi connectivity index (χ0) is 13.9. The van der Waals surface area contributed by atoms with E-state index in [-0.39, 0.29) is 11.8 Å². The Balaban J connectivity index is 1.77. The number of sulfonamides is 1. The molecule has 1 aromatic rings. The number of benzene rings is 1. The number of hydrogen-bond donors (Lipinski definition) is 2. The minimum atomic E-state index is -3.17. The average molecular weight is 300 g/mol. The molecule has 3 N–H and O–H groups in total. The molecule has 19 heavy (non-hydrogen) atoms. The molecule has 4 nitrogen and oxygen atoms in total. The molecule has 0 radical (unpaired) electrons. The highest BCUT2D eigenvalue weighted by Gasteiger charge is 2.30. The van der Waals surface area contributed by atoms with Gasteiger partial charge in [0.2, 0.25) is 10.0 Å². The van der Waals surface area contributed by atoms with Crippen LogP contribution >= 0.6 is 11.8 Å². The van der Waals surface area contributed by atoms with Crippen molar-refractivity contribution in [1.82, 2.24) is 4.72 Å². The lowest BCUT2D eigenvalue weighted by atomic mass is 10.2. The largest absolute Gasteiger partial charge is 0.399 e. The number of anilines is 1. The Kier molecular flexibility index (Phi) is 4.76. The van der Waals surface area contributed by atoms with Crippen LogP contribution < -0.4 is 10.5 Å². The highest BCUT2D eigenvalue weighted by atomic mass is 32.2. The number of hydrogen-bond acceptors (Lipinski definition) is 4. The van der Waals surface area contributed by atoms with Gasteiger partial charge in [0.25, 0.3) is 0 Å². The fraction of sp³-hybridized carbons (Fsp3) is 0.538. The van der Waals surface area contributed by atoms with Crippen LogP contribution in [0, 0.1) is 5.92 Å². The van der Waals surface area contributed by atoms with E-state index in [0.717, 1.165) is 17.7 Å². The van der Waals surface area contributed by atoms with Gasteiger partial charge in [0.15, 0.2) is 0 Å². The van der Waals surface area contributed by atoms with E-state index in [9.17, 15) is 8.42 Å². The molecule has 0 bridgehead atoms. The van der Waals surface area contributed by atoms with E-state index < -0.39 is 10.0 Å². The maximum absolute atomic E-state index is 11.9. The second-order valence-electron chi connectivity index (χ2n) is 4.98. The van der Waals surface area contributed by atoms with Gasteiger partial charge >= 0.3 is 0 Å². The highest BCUT2D eigenvalue weighted by Crippen LogP contribution is 2.32. The Morgan fingerprint density at radius 1 is 1.47 bits per heavy atom. The molecule has 6 heteroatoms. The van der Waals surface area contributed by atoms with Crippen LogP contribution in [0.3, 0.4) is 0 Å². The molecular formula is C13H20N2O2S2. The zero-order valence-corrected chi connectivity index (χ0v) is 12.6. The monoisotopic (exact) mass is 300 g/mol. The van der Waals surface area contributed by atoms with Crippen LogP contribution in [0.15, 0.2) is 29.2 Å². The molecule has 0 amide bonds. The van der Waals surface area contributed by atoms with Gasteiger partial charge in [-0.15, -0.1) is 11.8 Å². The summed E-state index contributed by atoms with van der Waals surface area (Å²) < 4.78 is 26.5. The lowest BCUT2D eigenvalue weighted by Crippen LogP contribution is -2.36. The fourth-order valence-corrected chi connectivity index (χ4v) is 4.63. The number of nitrogen functional groups attached to an aromatic ring is 1. The van der Waals surface area contributed by atoms with Crippen LogP contribution in [0.25, 0.3) is 0 Å². The number of rotatable bonds is 7. The summed E-state index contributed by atoms with van der Waals surface area (Å²) in [5.41, 5.74) is 6.38. The first-order chi connectivity index (χ1) is 8.96. The van der Waals surface area contributed by atoms with Crippen LogP contribution in [0.4, 0.5) is 5.69 Å². The first kappa shape index (κ1) is 14.7. The molecule has 1 saturated carbocycles. The first-order valence-electron chi connectivity index (χ1n) is 6.44. The Labute approximate surface area is 119 Å². The Morgan fingerprint density at radius 3 is 2.84 bits per heavy atom. The molecule has 0 heterocycles. The van der Waals surface area contributed by atoms with E-state index in [0.29, 0.717) is 17.4 Å². The van der Waals surface area contributed by atoms with Crippen molar-refractivity contribution in [2.45, 2.75) is 30.7 Å². The normalized spacial score (nSPS) is 17.3. The van der Waals surface area contributed by atoms with Crippen molar-refractivity contribution in [3.05, 3.63) is 24.3 Å². The predicted octanol–water partition coefficient (Wildman–Crippen LogP) is 2.08. The van der Waals surface area contributed by atoms with E-state index >= 15 is 0 Å². The van der Waals surface area contributed by atoms with Crippen molar-refractivity contribution in [3.63, 3.8) is 0 Å². The van der Waals surface area contributed by atoms with E-state index in [1.807, 2.05) is 31.2 Å². The van der Waals surface area contributed by atoms with Gasteiger partial charge in [0.1, 0.15) is 0 Å². The van der Waals surface area contributed by atoms with Crippen LogP contribution in [-0.2, 0) is 10.0 Å². The smallest absolute Gasteiger partial charge is 0.212 e. The van der Waals surface area contributed by atoms with Gasteiger partial charge in [-0.05, 0) is 43.9 Å². The highest BCUT2D eigenvalue weighted by molar-refractivity contribution is 8.00. The summed E-state index contributed by atoms with van der Waals surface area (Å²) in [4.78, 5) is 1.01. The summed E-state index contributed by atoms with van der Waals surface area (Å²) in [6.45, 7) is 1.94. The van der Waals surface area contributed by atoms with Crippen LogP contribution in [0.5, 0.6) is 0 Å². The van der Waals surface area contributed by atoms with Crippen molar-refractivity contribution in [1.29, 1.82) is 0 Å². The molecule has 1 aromatic carbocycles. The van der Waals surface area contributed by atoms with Crippen LogP contribution in [-0.4, -0.2) is 26.0 Å². The number of nitrogens with one attached hydrogen (secondary N) is 1. The average Bonchev–Trinajstić information content (AvgIpc) is 3.11. The molecule has 1 aliphatic rings. The minimum Gasteiger partial charge on any atom is -0.399 e. The van der Waals surface area contributed by atoms with Gasteiger partial charge in [-0.2, -0.15) is 0 Å². The van der Waals surface area contributed by atoms with Gasteiger partial charge < -0.3 is 5.73 Å². The molecule has 0 aliphatic heterocycles. The predicted molar refractivity (Wildman–Crippen MR) is 80.7 cm³/mol. The van der Waals surface area contributed by atoms with Crippen molar-refractivity contribution in [2.75, 3.05) is 17.2 Å². The lowest BCUT2D eigenvalue weighted by Gasteiger charge is -2.13. The summed E-state index contributed by atoms with van der Waals surface area (Å²) >= 11 is 1.51. The zero-order valence-electron chi connectivity index (χ0n) is 11.0. The Bertz CT molecular complexity index is 527.